The molecule has 1 spiro atoms. The number of benzene rings is 2. The van der Waals surface area contributed by atoms with E-state index in [1.165, 1.54) is 5.56 Å². The fourth-order valence-electron chi connectivity index (χ4n) is 7.99. The van der Waals surface area contributed by atoms with Gasteiger partial charge in [0, 0.05) is 68.3 Å². The first kappa shape index (κ1) is 28.6. The maximum Gasteiger partial charge on any atom is 0.255 e. The number of nitrogens with zero attached hydrogens (tertiary/aromatic N) is 4. The summed E-state index contributed by atoms with van der Waals surface area (Å²) < 4.78 is 12.7. The van der Waals surface area contributed by atoms with E-state index in [1.807, 2.05) is 12.1 Å². The number of ether oxygens (including phenoxy) is 2. The lowest BCUT2D eigenvalue weighted by Crippen LogP contribution is -2.52. The Morgan fingerprint density at radius 3 is 2.82 bits per heavy atom. The van der Waals surface area contributed by atoms with Crippen molar-refractivity contribution >= 4 is 28.6 Å². The molecule has 5 aliphatic rings. The van der Waals surface area contributed by atoms with Crippen LogP contribution in [-0.2, 0) is 27.4 Å². The number of likely N-dealkylation sites (tertiary alicyclic amines) is 2. The van der Waals surface area contributed by atoms with E-state index in [0.717, 1.165) is 86.5 Å². The molecule has 4 saturated heterocycles. The molecule has 1 aromatic heterocycles. The van der Waals surface area contributed by atoms with Crippen LogP contribution in [-0.4, -0.2) is 95.0 Å². The maximum atomic E-state index is 13.0. The standard InChI is InChI=1S/C35H39N5O5/c1-38-13-11-35(21-38)16-25(20-44-35)30-7-3-23-14-22(2-6-29(23)36-30)17-39-12-10-27(19-39)45-26-4-5-28-24(15-26)18-40(34(28)43)31-8-9-32(41)37-33(31)42/h2-7,14-15,25,27,31H,8-13,16-21H2,1H3,(H,37,41,42)/t25?,27-,31-,35?/m0/s1. The molecular formula is C35H39N5O5. The third-order valence-corrected chi connectivity index (χ3v) is 10.3. The number of imide groups is 1. The molecule has 0 aliphatic carbocycles. The van der Waals surface area contributed by atoms with Gasteiger partial charge in [0.1, 0.15) is 17.9 Å². The molecule has 0 radical (unpaired) electrons. The van der Waals surface area contributed by atoms with E-state index < -0.39 is 11.9 Å². The number of carbonyl (C=O) groups excluding carboxylic acids is 3. The molecule has 4 fully saturated rings. The van der Waals surface area contributed by atoms with E-state index in [4.69, 9.17) is 14.5 Å². The topological polar surface area (TPSA) is 104 Å². The summed E-state index contributed by atoms with van der Waals surface area (Å²) in [5.41, 5.74) is 4.90. The number of fused-ring (bicyclic) bond motifs is 2. The highest BCUT2D eigenvalue weighted by Gasteiger charge is 2.45. The summed E-state index contributed by atoms with van der Waals surface area (Å²) in [5, 5.41) is 3.52. The van der Waals surface area contributed by atoms with Crippen molar-refractivity contribution in [3.05, 3.63) is 70.9 Å². The van der Waals surface area contributed by atoms with Gasteiger partial charge in [0.25, 0.3) is 5.91 Å². The number of amides is 3. The lowest BCUT2D eigenvalue weighted by molar-refractivity contribution is -0.136. The number of aromatic nitrogens is 1. The van der Waals surface area contributed by atoms with E-state index in [1.54, 1.807) is 11.0 Å². The number of rotatable bonds is 6. The molecule has 8 rings (SSSR count). The van der Waals surface area contributed by atoms with Crippen molar-refractivity contribution in [1.82, 2.24) is 25.0 Å². The van der Waals surface area contributed by atoms with Gasteiger partial charge < -0.3 is 19.3 Å². The molecule has 0 bridgehead atoms. The summed E-state index contributed by atoms with van der Waals surface area (Å²) >= 11 is 0. The highest BCUT2D eigenvalue weighted by atomic mass is 16.5. The lowest BCUT2D eigenvalue weighted by Gasteiger charge is -2.29. The SMILES string of the molecule is CN1CCC2(CC(c3ccc4cc(CN5CC[C@H](Oc6ccc7c(c6)CN([C@H]6CCC(=O)NC6=O)C7=O)C5)ccc4n3)CO2)C1. The number of carbonyl (C=O) groups is 3. The highest BCUT2D eigenvalue weighted by molar-refractivity contribution is 6.05. The Bertz CT molecular complexity index is 1690. The van der Waals surface area contributed by atoms with Crippen LogP contribution in [0.5, 0.6) is 5.75 Å². The second-order valence-electron chi connectivity index (χ2n) is 13.6. The van der Waals surface area contributed by atoms with Crippen molar-refractivity contribution in [2.75, 3.05) is 39.8 Å². The van der Waals surface area contributed by atoms with Crippen molar-refractivity contribution in [3.8, 4) is 5.75 Å². The molecule has 2 unspecified atom stereocenters. The molecule has 3 aromatic rings. The molecule has 10 nitrogen and oxygen atoms in total. The Morgan fingerprint density at radius 1 is 1.07 bits per heavy atom. The molecule has 0 saturated carbocycles. The van der Waals surface area contributed by atoms with Crippen molar-refractivity contribution in [3.63, 3.8) is 0 Å². The Balaban J connectivity index is 0.871. The predicted octanol–water partition coefficient (Wildman–Crippen LogP) is 3.23. The van der Waals surface area contributed by atoms with Crippen LogP contribution >= 0.6 is 0 Å². The van der Waals surface area contributed by atoms with Gasteiger partial charge in [0.05, 0.1) is 17.7 Å². The monoisotopic (exact) mass is 609 g/mol. The van der Waals surface area contributed by atoms with E-state index in [2.05, 4.69) is 52.5 Å². The Morgan fingerprint density at radius 2 is 1.98 bits per heavy atom. The summed E-state index contributed by atoms with van der Waals surface area (Å²) in [6.45, 7) is 5.85. The zero-order valence-electron chi connectivity index (χ0n) is 25.7. The van der Waals surface area contributed by atoms with E-state index in [0.29, 0.717) is 24.4 Å². The number of nitrogens with one attached hydrogen (secondary N) is 1. The van der Waals surface area contributed by atoms with Crippen molar-refractivity contribution in [2.45, 2.75) is 68.9 Å². The molecule has 4 atom stereocenters. The van der Waals surface area contributed by atoms with Gasteiger partial charge in [0.2, 0.25) is 11.8 Å². The van der Waals surface area contributed by atoms with Gasteiger partial charge in [-0.3, -0.25) is 29.6 Å². The quantitative estimate of drug-likeness (QED) is 0.425. The van der Waals surface area contributed by atoms with Crippen molar-refractivity contribution in [1.29, 1.82) is 0 Å². The molecule has 10 heteroatoms. The average Bonchev–Trinajstić information content (AvgIpc) is 3.81. The molecule has 1 N–H and O–H groups in total. The van der Waals surface area contributed by atoms with E-state index in [-0.39, 0.29) is 29.9 Å². The van der Waals surface area contributed by atoms with Crippen LogP contribution in [0.15, 0.2) is 48.5 Å². The first-order valence-electron chi connectivity index (χ1n) is 16.2. The van der Waals surface area contributed by atoms with Gasteiger partial charge in [0.15, 0.2) is 0 Å². The molecule has 3 amide bonds. The minimum absolute atomic E-state index is 0.00963. The Kier molecular flexibility index (Phi) is 7.11. The first-order valence-corrected chi connectivity index (χ1v) is 16.2. The highest BCUT2D eigenvalue weighted by Crippen LogP contribution is 2.41. The summed E-state index contributed by atoms with van der Waals surface area (Å²) in [5.74, 6) is 0.251. The fourth-order valence-corrected chi connectivity index (χ4v) is 7.99. The second-order valence-corrected chi connectivity index (χ2v) is 13.6. The Hall–Kier alpha value is -3.86. The van der Waals surface area contributed by atoms with Crippen molar-refractivity contribution < 1.29 is 23.9 Å². The fraction of sp³-hybridized carbons (Fsp3) is 0.486. The average molecular weight is 610 g/mol. The van der Waals surface area contributed by atoms with Gasteiger partial charge >= 0.3 is 0 Å². The van der Waals surface area contributed by atoms with Crippen LogP contribution in [0.3, 0.4) is 0 Å². The van der Waals surface area contributed by atoms with Crippen molar-refractivity contribution in [2.24, 2.45) is 0 Å². The smallest absolute Gasteiger partial charge is 0.255 e. The summed E-state index contributed by atoms with van der Waals surface area (Å²) in [6, 6.07) is 16.0. The summed E-state index contributed by atoms with van der Waals surface area (Å²) in [4.78, 5) is 48.3. The Labute approximate surface area is 262 Å². The zero-order valence-corrected chi connectivity index (χ0v) is 25.7. The molecule has 6 heterocycles. The van der Waals surface area contributed by atoms with E-state index >= 15 is 0 Å². The second kappa shape index (κ2) is 11.2. The van der Waals surface area contributed by atoms with Crippen LogP contribution in [0, 0.1) is 0 Å². The van der Waals surface area contributed by atoms with Gasteiger partial charge in [-0.05, 0) is 80.3 Å². The minimum Gasteiger partial charge on any atom is -0.489 e. The lowest BCUT2D eigenvalue weighted by atomic mass is 9.91. The largest absolute Gasteiger partial charge is 0.489 e. The van der Waals surface area contributed by atoms with Gasteiger partial charge in [-0.15, -0.1) is 0 Å². The normalized spacial score (nSPS) is 28.9. The minimum atomic E-state index is -0.614. The zero-order chi connectivity index (χ0) is 30.7. The van der Waals surface area contributed by atoms with Crippen LogP contribution in [0.25, 0.3) is 10.9 Å². The number of pyridine rings is 1. The number of hydrogen-bond acceptors (Lipinski definition) is 8. The van der Waals surface area contributed by atoms with Crippen LogP contribution in [0.1, 0.15) is 65.2 Å². The third kappa shape index (κ3) is 5.49. The number of hydrogen-bond donors (Lipinski definition) is 1. The van der Waals surface area contributed by atoms with Gasteiger partial charge in [-0.2, -0.15) is 0 Å². The number of piperidine rings is 1. The van der Waals surface area contributed by atoms with Gasteiger partial charge in [-0.1, -0.05) is 12.1 Å². The molecule has 45 heavy (non-hydrogen) atoms. The maximum absolute atomic E-state index is 13.0. The van der Waals surface area contributed by atoms with Gasteiger partial charge in [-0.25, -0.2) is 0 Å². The molecular weight excluding hydrogens is 570 g/mol. The summed E-state index contributed by atoms with van der Waals surface area (Å²) in [6.07, 6.45) is 3.75. The van der Waals surface area contributed by atoms with Crippen LogP contribution in [0.4, 0.5) is 0 Å². The predicted molar refractivity (Wildman–Crippen MR) is 167 cm³/mol. The molecule has 2 aromatic carbocycles. The first-order chi connectivity index (χ1) is 21.8. The third-order valence-electron chi connectivity index (χ3n) is 10.3. The number of likely N-dealkylation sites (N-methyl/N-ethyl adjacent to an activating group) is 1. The van der Waals surface area contributed by atoms with E-state index in [9.17, 15) is 14.4 Å². The van der Waals surface area contributed by atoms with Crippen LogP contribution in [0.2, 0.25) is 0 Å². The summed E-state index contributed by atoms with van der Waals surface area (Å²) in [7, 11) is 2.17. The molecule has 5 aliphatic heterocycles. The molecule has 234 valence electrons. The van der Waals surface area contributed by atoms with Crippen LogP contribution < -0.4 is 10.1 Å².